The molecule has 1 aromatic carbocycles. The fourth-order valence-corrected chi connectivity index (χ4v) is 3.80. The SMILES string of the molecule is O=C1CSC(c2ccccc2)N1CCSCCO. The Balaban J connectivity index is 1.95. The van der Waals surface area contributed by atoms with Gasteiger partial charge in [0.05, 0.1) is 12.4 Å². The van der Waals surface area contributed by atoms with E-state index in [0.717, 1.165) is 18.1 Å². The van der Waals surface area contributed by atoms with Crippen molar-refractivity contribution in [2.75, 3.05) is 30.4 Å². The third kappa shape index (κ3) is 3.43. The van der Waals surface area contributed by atoms with Gasteiger partial charge in [0, 0.05) is 18.1 Å². The minimum Gasteiger partial charge on any atom is -0.396 e. The minimum absolute atomic E-state index is 0.161. The second kappa shape index (κ2) is 7.07. The van der Waals surface area contributed by atoms with Crippen LogP contribution in [0.25, 0.3) is 0 Å². The summed E-state index contributed by atoms with van der Waals surface area (Å²) in [5.41, 5.74) is 1.19. The molecule has 0 aliphatic carbocycles. The molecule has 0 saturated carbocycles. The predicted molar refractivity (Wildman–Crippen MR) is 77.8 cm³/mol. The lowest BCUT2D eigenvalue weighted by atomic mass is 10.2. The van der Waals surface area contributed by atoms with Crippen LogP contribution in [0, 0.1) is 0 Å². The van der Waals surface area contributed by atoms with Gasteiger partial charge in [-0.15, -0.1) is 11.8 Å². The maximum absolute atomic E-state index is 11.9. The molecule has 1 aromatic rings. The number of nitrogens with zero attached hydrogens (tertiary/aromatic N) is 1. The molecule has 1 saturated heterocycles. The van der Waals surface area contributed by atoms with E-state index in [9.17, 15) is 4.79 Å². The van der Waals surface area contributed by atoms with Crippen molar-refractivity contribution >= 4 is 29.4 Å². The van der Waals surface area contributed by atoms with Crippen molar-refractivity contribution < 1.29 is 9.90 Å². The molecular formula is C13H17NO2S2. The van der Waals surface area contributed by atoms with Crippen LogP contribution in [-0.4, -0.2) is 46.3 Å². The summed E-state index contributed by atoms with van der Waals surface area (Å²) in [6.07, 6.45) is 0. The maximum Gasteiger partial charge on any atom is 0.233 e. The Hall–Kier alpha value is -0.650. The number of hydrogen-bond acceptors (Lipinski definition) is 4. The zero-order valence-corrected chi connectivity index (χ0v) is 11.8. The monoisotopic (exact) mass is 283 g/mol. The van der Waals surface area contributed by atoms with Crippen molar-refractivity contribution in [2.45, 2.75) is 5.37 Å². The van der Waals surface area contributed by atoms with E-state index in [4.69, 9.17) is 5.11 Å². The molecule has 1 N–H and O–H groups in total. The summed E-state index contributed by atoms with van der Waals surface area (Å²) in [6, 6.07) is 10.2. The van der Waals surface area contributed by atoms with E-state index in [1.54, 1.807) is 23.5 Å². The van der Waals surface area contributed by atoms with Crippen molar-refractivity contribution in [3.8, 4) is 0 Å². The van der Waals surface area contributed by atoms with Crippen molar-refractivity contribution in [1.29, 1.82) is 0 Å². The number of carbonyl (C=O) groups excluding carboxylic acids is 1. The average molecular weight is 283 g/mol. The summed E-state index contributed by atoms with van der Waals surface area (Å²) in [6.45, 7) is 0.964. The van der Waals surface area contributed by atoms with Crippen molar-refractivity contribution in [1.82, 2.24) is 4.90 Å². The number of thioether (sulfide) groups is 2. The molecule has 1 aliphatic heterocycles. The second-order valence-corrected chi connectivity index (χ2v) is 6.29. The van der Waals surface area contributed by atoms with Gasteiger partial charge in [-0.25, -0.2) is 0 Å². The third-order valence-electron chi connectivity index (χ3n) is 2.76. The normalized spacial score (nSPS) is 19.5. The molecule has 1 atom stereocenters. The van der Waals surface area contributed by atoms with Gasteiger partial charge in [-0.05, 0) is 5.56 Å². The predicted octanol–water partition coefficient (Wildman–Crippen LogP) is 1.99. The van der Waals surface area contributed by atoms with Gasteiger partial charge in [-0.2, -0.15) is 11.8 Å². The highest BCUT2D eigenvalue weighted by atomic mass is 32.2. The molecule has 98 valence electrons. The first-order valence-corrected chi connectivity index (χ1v) is 8.18. The first-order valence-electron chi connectivity index (χ1n) is 5.97. The molecule has 0 aromatic heterocycles. The lowest BCUT2D eigenvalue weighted by Crippen LogP contribution is -2.30. The fourth-order valence-electron chi connectivity index (χ4n) is 1.92. The molecule has 5 heteroatoms. The molecule has 1 amide bonds. The van der Waals surface area contributed by atoms with Crippen molar-refractivity contribution in [2.24, 2.45) is 0 Å². The van der Waals surface area contributed by atoms with Crippen LogP contribution >= 0.6 is 23.5 Å². The summed E-state index contributed by atoms with van der Waals surface area (Å²) in [5.74, 6) is 2.42. The molecule has 3 nitrogen and oxygen atoms in total. The molecule has 0 bridgehead atoms. The zero-order chi connectivity index (χ0) is 12.8. The van der Waals surface area contributed by atoms with Gasteiger partial charge in [0.1, 0.15) is 5.37 Å². The Kier molecular flexibility index (Phi) is 5.41. The summed E-state index contributed by atoms with van der Waals surface area (Å²) in [5, 5.41) is 8.90. The first kappa shape index (κ1) is 13.8. The van der Waals surface area contributed by atoms with Crippen LogP contribution in [0.1, 0.15) is 10.9 Å². The van der Waals surface area contributed by atoms with Crippen LogP contribution < -0.4 is 0 Å². The smallest absolute Gasteiger partial charge is 0.233 e. The van der Waals surface area contributed by atoms with Crippen LogP contribution in [0.4, 0.5) is 0 Å². The summed E-state index contributed by atoms with van der Waals surface area (Å²) in [4.78, 5) is 13.8. The van der Waals surface area contributed by atoms with Gasteiger partial charge in [0.15, 0.2) is 0 Å². The van der Waals surface area contributed by atoms with E-state index in [-0.39, 0.29) is 17.9 Å². The molecular weight excluding hydrogens is 266 g/mol. The summed E-state index contributed by atoms with van der Waals surface area (Å²) >= 11 is 3.38. The average Bonchev–Trinajstić information content (AvgIpc) is 2.77. The number of aliphatic hydroxyl groups excluding tert-OH is 1. The van der Waals surface area contributed by atoms with E-state index in [0.29, 0.717) is 5.75 Å². The molecule has 18 heavy (non-hydrogen) atoms. The Morgan fingerprint density at radius 3 is 2.83 bits per heavy atom. The molecule has 2 rings (SSSR count). The molecule has 1 fully saturated rings. The Bertz CT molecular complexity index is 386. The molecule has 0 spiro atoms. The highest BCUT2D eigenvalue weighted by Gasteiger charge is 2.31. The van der Waals surface area contributed by atoms with E-state index in [1.807, 2.05) is 23.1 Å². The Morgan fingerprint density at radius 2 is 2.11 bits per heavy atom. The van der Waals surface area contributed by atoms with Crippen LogP contribution in [0.5, 0.6) is 0 Å². The lowest BCUT2D eigenvalue weighted by Gasteiger charge is -2.24. The highest BCUT2D eigenvalue weighted by Crippen LogP contribution is 2.38. The summed E-state index contributed by atoms with van der Waals surface area (Å²) in [7, 11) is 0. The fraction of sp³-hybridized carbons (Fsp3) is 0.462. The molecule has 1 aliphatic rings. The van der Waals surface area contributed by atoms with E-state index >= 15 is 0 Å². The van der Waals surface area contributed by atoms with Crippen LogP contribution in [0.15, 0.2) is 30.3 Å². The van der Waals surface area contributed by atoms with Gasteiger partial charge in [0.25, 0.3) is 0 Å². The molecule has 0 radical (unpaired) electrons. The van der Waals surface area contributed by atoms with Crippen LogP contribution in [0.3, 0.4) is 0 Å². The van der Waals surface area contributed by atoms with Gasteiger partial charge >= 0.3 is 0 Å². The number of hydrogen-bond donors (Lipinski definition) is 1. The third-order valence-corrected chi connectivity index (χ3v) is 4.96. The van der Waals surface area contributed by atoms with Crippen LogP contribution in [0.2, 0.25) is 0 Å². The van der Waals surface area contributed by atoms with Gasteiger partial charge in [0.2, 0.25) is 5.91 Å². The zero-order valence-electron chi connectivity index (χ0n) is 10.1. The highest BCUT2D eigenvalue weighted by molar-refractivity contribution is 8.00. The van der Waals surface area contributed by atoms with Crippen molar-refractivity contribution in [3.05, 3.63) is 35.9 Å². The number of benzene rings is 1. The van der Waals surface area contributed by atoms with E-state index in [1.165, 1.54) is 5.56 Å². The lowest BCUT2D eigenvalue weighted by molar-refractivity contribution is -0.127. The quantitative estimate of drug-likeness (QED) is 0.811. The number of aliphatic hydroxyl groups is 1. The standard InChI is InChI=1S/C13H17NO2S2/c15-7-9-17-8-6-14-12(16)10-18-13(14)11-4-2-1-3-5-11/h1-5,13,15H,6-10H2. The molecule has 1 unspecified atom stereocenters. The number of carbonyl (C=O) groups is 1. The van der Waals surface area contributed by atoms with Gasteiger partial charge < -0.3 is 10.0 Å². The second-order valence-electron chi connectivity index (χ2n) is 4.00. The summed E-state index contributed by atoms with van der Waals surface area (Å²) < 4.78 is 0. The van der Waals surface area contributed by atoms with Gasteiger partial charge in [-0.1, -0.05) is 30.3 Å². The number of rotatable bonds is 6. The van der Waals surface area contributed by atoms with E-state index in [2.05, 4.69) is 12.1 Å². The van der Waals surface area contributed by atoms with Crippen molar-refractivity contribution in [3.63, 3.8) is 0 Å². The van der Waals surface area contributed by atoms with Crippen LogP contribution in [-0.2, 0) is 4.79 Å². The topological polar surface area (TPSA) is 40.5 Å². The molecule has 1 heterocycles. The van der Waals surface area contributed by atoms with Gasteiger partial charge in [-0.3, -0.25) is 4.79 Å². The Morgan fingerprint density at radius 1 is 1.33 bits per heavy atom. The first-order chi connectivity index (χ1) is 8.83. The number of amides is 1. The largest absolute Gasteiger partial charge is 0.396 e. The van der Waals surface area contributed by atoms with E-state index < -0.39 is 0 Å². The maximum atomic E-state index is 11.9. The minimum atomic E-state index is 0.161. The Labute approximate surface area is 116 Å².